The second-order valence-electron chi connectivity index (χ2n) is 13.2. The van der Waals surface area contributed by atoms with Crippen LogP contribution < -0.4 is 0 Å². The molecular formula is C39H74O4. The predicted molar refractivity (Wildman–Crippen MR) is 186 cm³/mol. The summed E-state index contributed by atoms with van der Waals surface area (Å²) in [5, 5.41) is 10.6. The van der Waals surface area contributed by atoms with Gasteiger partial charge in [0.25, 0.3) is 0 Å². The summed E-state index contributed by atoms with van der Waals surface area (Å²) in [6.07, 6.45) is 37.0. The van der Waals surface area contributed by atoms with E-state index in [2.05, 4.69) is 20.4 Å². The molecule has 0 bridgehead atoms. The smallest absolute Gasteiger partial charge is 0.316 e. The van der Waals surface area contributed by atoms with Crippen molar-refractivity contribution in [3.8, 4) is 0 Å². The van der Waals surface area contributed by atoms with Crippen molar-refractivity contribution in [3.63, 3.8) is 0 Å². The van der Waals surface area contributed by atoms with E-state index < -0.39 is 18.0 Å². The highest BCUT2D eigenvalue weighted by Crippen LogP contribution is 2.20. The average Bonchev–Trinajstić information content (AvgIpc) is 3.01. The molecule has 254 valence electrons. The Labute approximate surface area is 268 Å². The topological polar surface area (TPSA) is 63.6 Å². The van der Waals surface area contributed by atoms with Gasteiger partial charge in [0, 0.05) is 0 Å². The number of carbonyl (C=O) groups is 2. The second kappa shape index (κ2) is 33.7. The molecule has 0 aromatic rings. The zero-order valence-corrected chi connectivity index (χ0v) is 29.0. The van der Waals surface area contributed by atoms with E-state index in [0.717, 1.165) is 38.5 Å². The number of hydrogen-bond donors (Lipinski definition) is 1. The molecule has 2 unspecified atom stereocenters. The lowest BCUT2D eigenvalue weighted by molar-refractivity contribution is -0.153. The molecule has 0 aromatic carbocycles. The molecule has 0 aliphatic rings. The highest BCUT2D eigenvalue weighted by Gasteiger charge is 2.31. The van der Waals surface area contributed by atoms with Gasteiger partial charge in [-0.05, 0) is 12.8 Å². The minimum Gasteiger partial charge on any atom is -0.461 e. The largest absolute Gasteiger partial charge is 0.461 e. The molecule has 4 nitrogen and oxygen atoms in total. The van der Waals surface area contributed by atoms with Crippen LogP contribution in [0.3, 0.4) is 0 Å². The fourth-order valence-electron chi connectivity index (χ4n) is 6.07. The standard InChI is InChI=1S/C39H74O4/c1-4-7-9-11-13-15-17-19-21-23-25-27-29-31-33-36(39(42)43-35-6-3)38(41)37(40)34-32-30-28-26-24-22-20-18-16-14-12-10-8-5-2/h6,36-37,40H,3-5,7-35H2,1-2H3. The van der Waals surface area contributed by atoms with E-state index >= 15 is 0 Å². The highest BCUT2D eigenvalue weighted by molar-refractivity contribution is 6.01. The van der Waals surface area contributed by atoms with Crippen molar-refractivity contribution in [2.45, 2.75) is 213 Å². The van der Waals surface area contributed by atoms with E-state index in [4.69, 9.17) is 4.74 Å². The van der Waals surface area contributed by atoms with Crippen molar-refractivity contribution in [1.29, 1.82) is 0 Å². The van der Waals surface area contributed by atoms with Crippen LogP contribution in [0.5, 0.6) is 0 Å². The minimum absolute atomic E-state index is 0.108. The molecule has 0 heterocycles. The van der Waals surface area contributed by atoms with E-state index in [0.29, 0.717) is 12.8 Å². The summed E-state index contributed by atoms with van der Waals surface area (Å²) in [6.45, 7) is 8.25. The maximum atomic E-state index is 13.0. The molecule has 0 saturated heterocycles. The number of unbranched alkanes of at least 4 members (excludes halogenated alkanes) is 26. The molecule has 43 heavy (non-hydrogen) atoms. The van der Waals surface area contributed by atoms with Gasteiger partial charge in [-0.1, -0.05) is 206 Å². The van der Waals surface area contributed by atoms with Gasteiger partial charge in [0.05, 0.1) is 0 Å². The van der Waals surface area contributed by atoms with E-state index in [1.807, 2.05) is 0 Å². The number of Topliss-reactive ketones (excluding diaryl/α,β-unsaturated/α-hetero) is 1. The van der Waals surface area contributed by atoms with Crippen molar-refractivity contribution < 1.29 is 19.4 Å². The Morgan fingerprint density at radius 1 is 0.535 bits per heavy atom. The van der Waals surface area contributed by atoms with Crippen LogP contribution >= 0.6 is 0 Å². The van der Waals surface area contributed by atoms with Crippen LogP contribution in [-0.2, 0) is 14.3 Å². The molecule has 0 amide bonds. The third-order valence-electron chi connectivity index (χ3n) is 8.98. The number of hydrogen-bond acceptors (Lipinski definition) is 4. The average molecular weight is 607 g/mol. The molecule has 2 atom stereocenters. The molecule has 0 radical (unpaired) electrons. The fourth-order valence-corrected chi connectivity index (χ4v) is 6.07. The Bertz CT molecular complexity index is 616. The van der Waals surface area contributed by atoms with E-state index in [1.54, 1.807) is 0 Å². The molecule has 0 rings (SSSR count). The lowest BCUT2D eigenvalue weighted by atomic mass is 9.91. The Kier molecular flexibility index (Phi) is 32.8. The van der Waals surface area contributed by atoms with Gasteiger partial charge < -0.3 is 9.84 Å². The van der Waals surface area contributed by atoms with Gasteiger partial charge in [0.1, 0.15) is 18.6 Å². The number of carbonyl (C=O) groups excluding carboxylic acids is 2. The van der Waals surface area contributed by atoms with Crippen molar-refractivity contribution in [2.75, 3.05) is 6.61 Å². The van der Waals surface area contributed by atoms with Gasteiger partial charge >= 0.3 is 5.97 Å². The lowest BCUT2D eigenvalue weighted by Gasteiger charge is -2.18. The number of ether oxygens (including phenoxy) is 1. The molecular weight excluding hydrogens is 532 g/mol. The molecule has 0 aliphatic carbocycles. The normalized spacial score (nSPS) is 12.7. The van der Waals surface area contributed by atoms with Crippen LogP contribution in [0.4, 0.5) is 0 Å². The maximum absolute atomic E-state index is 13.0. The third kappa shape index (κ3) is 28.1. The van der Waals surface area contributed by atoms with Gasteiger partial charge in [-0.3, -0.25) is 9.59 Å². The fraction of sp³-hybridized carbons (Fsp3) is 0.897. The Morgan fingerprint density at radius 2 is 0.837 bits per heavy atom. The number of aliphatic hydroxyl groups excluding tert-OH is 1. The molecule has 0 fully saturated rings. The zero-order valence-electron chi connectivity index (χ0n) is 29.0. The summed E-state index contributed by atoms with van der Waals surface area (Å²) in [6, 6.07) is 0. The van der Waals surface area contributed by atoms with Crippen LogP contribution in [-0.4, -0.2) is 29.6 Å². The first-order valence-corrected chi connectivity index (χ1v) is 19.1. The summed E-state index contributed by atoms with van der Waals surface area (Å²) < 4.78 is 5.23. The number of aliphatic hydroxyl groups is 1. The van der Waals surface area contributed by atoms with Gasteiger partial charge in [-0.15, -0.1) is 0 Å². The van der Waals surface area contributed by atoms with Crippen molar-refractivity contribution in [1.82, 2.24) is 0 Å². The van der Waals surface area contributed by atoms with Crippen LogP contribution in [0.15, 0.2) is 12.7 Å². The van der Waals surface area contributed by atoms with Gasteiger partial charge in [-0.25, -0.2) is 0 Å². The van der Waals surface area contributed by atoms with Crippen molar-refractivity contribution in [2.24, 2.45) is 5.92 Å². The van der Waals surface area contributed by atoms with E-state index in [9.17, 15) is 14.7 Å². The van der Waals surface area contributed by atoms with Crippen LogP contribution in [0, 0.1) is 5.92 Å². The number of ketones is 1. The van der Waals surface area contributed by atoms with E-state index in [1.165, 1.54) is 147 Å². The lowest BCUT2D eigenvalue weighted by Crippen LogP contribution is -2.34. The summed E-state index contributed by atoms with van der Waals surface area (Å²) in [4.78, 5) is 25.6. The first-order chi connectivity index (χ1) is 21.1. The van der Waals surface area contributed by atoms with Crippen molar-refractivity contribution in [3.05, 3.63) is 12.7 Å². The Hall–Kier alpha value is -1.16. The van der Waals surface area contributed by atoms with Crippen molar-refractivity contribution >= 4 is 11.8 Å². The van der Waals surface area contributed by atoms with Crippen LogP contribution in [0.25, 0.3) is 0 Å². The summed E-state index contributed by atoms with van der Waals surface area (Å²) >= 11 is 0. The maximum Gasteiger partial charge on any atom is 0.316 e. The molecule has 0 spiro atoms. The summed E-state index contributed by atoms with van der Waals surface area (Å²) in [5.74, 6) is -1.70. The van der Waals surface area contributed by atoms with Crippen LogP contribution in [0.1, 0.15) is 206 Å². The van der Waals surface area contributed by atoms with Gasteiger partial charge in [0.15, 0.2) is 5.78 Å². The summed E-state index contributed by atoms with van der Waals surface area (Å²) in [5.41, 5.74) is 0. The second-order valence-corrected chi connectivity index (χ2v) is 13.2. The van der Waals surface area contributed by atoms with Crippen LogP contribution in [0.2, 0.25) is 0 Å². The molecule has 0 aliphatic heterocycles. The highest BCUT2D eigenvalue weighted by atomic mass is 16.5. The SMILES string of the molecule is C=CCOC(=O)C(CCCCCCCCCCCCCCCC)C(=O)C(O)CCCCCCCCCCCCCCCC. The minimum atomic E-state index is -1.06. The number of esters is 1. The molecule has 0 saturated carbocycles. The first kappa shape index (κ1) is 41.8. The van der Waals surface area contributed by atoms with Gasteiger partial charge in [0.2, 0.25) is 0 Å². The predicted octanol–water partition coefficient (Wildman–Crippen LogP) is 12.0. The molecule has 4 heteroatoms. The zero-order chi connectivity index (χ0) is 31.6. The third-order valence-corrected chi connectivity index (χ3v) is 8.98. The molecule has 1 N–H and O–H groups in total. The summed E-state index contributed by atoms with van der Waals surface area (Å²) in [7, 11) is 0. The van der Waals surface area contributed by atoms with E-state index in [-0.39, 0.29) is 12.4 Å². The Balaban J connectivity index is 3.99. The number of rotatable bonds is 35. The quantitative estimate of drug-likeness (QED) is 0.0337. The Morgan fingerprint density at radius 3 is 1.16 bits per heavy atom. The van der Waals surface area contributed by atoms with Gasteiger partial charge in [-0.2, -0.15) is 0 Å². The molecule has 0 aromatic heterocycles. The monoisotopic (exact) mass is 607 g/mol. The first-order valence-electron chi connectivity index (χ1n) is 19.1.